The Balaban J connectivity index is 2.21. The topological polar surface area (TPSA) is 50.2 Å². The van der Waals surface area contributed by atoms with E-state index in [-0.39, 0.29) is 6.42 Å². The Morgan fingerprint density at radius 1 is 1.50 bits per heavy atom. The molecular weight excluding hydrogens is 270 g/mol. The molecule has 0 amide bonds. The number of aryl methyl sites for hydroxylation is 2. The van der Waals surface area contributed by atoms with Gasteiger partial charge in [0.1, 0.15) is 5.01 Å². The van der Waals surface area contributed by atoms with E-state index in [0.29, 0.717) is 11.4 Å². The van der Waals surface area contributed by atoms with Crippen LogP contribution in [0.1, 0.15) is 17.7 Å². The van der Waals surface area contributed by atoms with E-state index in [9.17, 15) is 4.79 Å². The molecule has 18 heavy (non-hydrogen) atoms. The fourth-order valence-corrected chi connectivity index (χ4v) is 2.82. The number of halogens is 1. The second kappa shape index (κ2) is 5.50. The molecule has 0 spiro atoms. The van der Waals surface area contributed by atoms with Crippen LogP contribution in [-0.2, 0) is 11.2 Å². The minimum Gasteiger partial charge on any atom is -0.481 e. The van der Waals surface area contributed by atoms with E-state index in [1.807, 2.05) is 30.5 Å². The predicted octanol–water partition coefficient (Wildman–Crippen LogP) is 3.79. The summed E-state index contributed by atoms with van der Waals surface area (Å²) in [4.78, 5) is 15.0. The SMILES string of the molecule is Cc1cc(Cl)ccc1-c1nc(CCC(=O)O)cs1. The zero-order chi connectivity index (χ0) is 13.1. The van der Waals surface area contributed by atoms with Gasteiger partial charge < -0.3 is 5.11 Å². The van der Waals surface area contributed by atoms with Crippen molar-refractivity contribution >= 4 is 28.9 Å². The summed E-state index contributed by atoms with van der Waals surface area (Å²) in [6.45, 7) is 1.99. The van der Waals surface area contributed by atoms with E-state index in [1.54, 1.807) is 0 Å². The van der Waals surface area contributed by atoms with Crippen LogP contribution in [0.4, 0.5) is 0 Å². The van der Waals surface area contributed by atoms with Gasteiger partial charge in [-0.2, -0.15) is 0 Å². The standard InChI is InChI=1S/C13H12ClNO2S/c1-8-6-9(14)2-4-11(8)13-15-10(7-18-13)3-5-12(16)17/h2,4,6-7H,3,5H2,1H3,(H,16,17). The molecule has 3 nitrogen and oxygen atoms in total. The second-order valence-corrected chi connectivity index (χ2v) is 5.29. The van der Waals surface area contributed by atoms with Crippen molar-refractivity contribution in [1.29, 1.82) is 0 Å². The third kappa shape index (κ3) is 3.09. The maximum absolute atomic E-state index is 10.5. The summed E-state index contributed by atoms with van der Waals surface area (Å²) >= 11 is 7.44. The van der Waals surface area contributed by atoms with Crippen LogP contribution in [0.3, 0.4) is 0 Å². The molecule has 1 heterocycles. The van der Waals surface area contributed by atoms with Gasteiger partial charge in [0.2, 0.25) is 0 Å². The molecule has 1 aromatic carbocycles. The number of rotatable bonds is 4. The fourth-order valence-electron chi connectivity index (χ4n) is 1.65. The Hall–Kier alpha value is -1.39. The van der Waals surface area contributed by atoms with E-state index < -0.39 is 5.97 Å². The molecule has 0 aliphatic rings. The number of hydrogen-bond acceptors (Lipinski definition) is 3. The van der Waals surface area contributed by atoms with Gasteiger partial charge >= 0.3 is 5.97 Å². The molecule has 0 bridgehead atoms. The number of aliphatic carboxylic acids is 1. The van der Waals surface area contributed by atoms with Crippen molar-refractivity contribution in [3.63, 3.8) is 0 Å². The highest BCUT2D eigenvalue weighted by atomic mass is 35.5. The number of nitrogens with zero attached hydrogens (tertiary/aromatic N) is 1. The number of hydrogen-bond donors (Lipinski definition) is 1. The Morgan fingerprint density at radius 2 is 2.28 bits per heavy atom. The van der Waals surface area contributed by atoms with Crippen LogP contribution in [-0.4, -0.2) is 16.1 Å². The molecule has 1 N–H and O–H groups in total. The lowest BCUT2D eigenvalue weighted by atomic mass is 10.1. The van der Waals surface area contributed by atoms with Crippen molar-refractivity contribution in [2.24, 2.45) is 0 Å². The number of carbonyl (C=O) groups is 1. The van der Waals surface area contributed by atoms with Gasteiger partial charge in [0, 0.05) is 22.4 Å². The lowest BCUT2D eigenvalue weighted by Gasteiger charge is -2.02. The van der Waals surface area contributed by atoms with Gasteiger partial charge in [0.05, 0.1) is 12.1 Å². The lowest BCUT2D eigenvalue weighted by molar-refractivity contribution is -0.136. The van der Waals surface area contributed by atoms with Crippen LogP contribution < -0.4 is 0 Å². The first-order chi connectivity index (χ1) is 8.56. The average molecular weight is 282 g/mol. The van der Waals surface area contributed by atoms with Gasteiger partial charge in [0.25, 0.3) is 0 Å². The van der Waals surface area contributed by atoms with Crippen LogP contribution >= 0.6 is 22.9 Å². The fraction of sp³-hybridized carbons (Fsp3) is 0.231. The van der Waals surface area contributed by atoms with E-state index in [2.05, 4.69) is 4.98 Å². The molecule has 0 atom stereocenters. The summed E-state index contributed by atoms with van der Waals surface area (Å²) in [5, 5.41) is 12.2. The molecule has 0 aliphatic carbocycles. The quantitative estimate of drug-likeness (QED) is 0.927. The largest absolute Gasteiger partial charge is 0.481 e. The van der Waals surface area contributed by atoms with Crippen LogP contribution in [0.5, 0.6) is 0 Å². The second-order valence-electron chi connectivity index (χ2n) is 4.00. The van der Waals surface area contributed by atoms with Crippen LogP contribution in [0.2, 0.25) is 5.02 Å². The zero-order valence-corrected chi connectivity index (χ0v) is 11.4. The number of aromatic nitrogens is 1. The van der Waals surface area contributed by atoms with Crippen molar-refractivity contribution in [1.82, 2.24) is 4.98 Å². The number of carboxylic acid groups (broad SMARTS) is 1. The summed E-state index contributed by atoms with van der Waals surface area (Å²) in [5.41, 5.74) is 2.94. The first-order valence-electron chi connectivity index (χ1n) is 5.49. The smallest absolute Gasteiger partial charge is 0.303 e. The first kappa shape index (κ1) is 13.1. The third-order valence-corrected chi connectivity index (χ3v) is 3.73. The number of thiazole rings is 1. The Kier molecular flexibility index (Phi) is 3.99. The Morgan fingerprint density at radius 3 is 2.94 bits per heavy atom. The summed E-state index contributed by atoms with van der Waals surface area (Å²) < 4.78 is 0. The van der Waals surface area contributed by atoms with E-state index in [0.717, 1.165) is 21.8 Å². The van der Waals surface area contributed by atoms with Gasteiger partial charge in [-0.05, 0) is 24.6 Å². The van der Waals surface area contributed by atoms with Crippen molar-refractivity contribution in [2.45, 2.75) is 19.8 Å². The molecule has 5 heteroatoms. The zero-order valence-electron chi connectivity index (χ0n) is 9.81. The monoisotopic (exact) mass is 281 g/mol. The molecule has 0 saturated heterocycles. The molecule has 0 saturated carbocycles. The van der Waals surface area contributed by atoms with Crippen molar-refractivity contribution in [3.05, 3.63) is 39.9 Å². The summed E-state index contributed by atoms with van der Waals surface area (Å²) in [6, 6.07) is 5.68. The molecule has 94 valence electrons. The molecule has 0 fully saturated rings. The van der Waals surface area contributed by atoms with Gasteiger partial charge in [-0.15, -0.1) is 11.3 Å². The summed E-state index contributed by atoms with van der Waals surface area (Å²) in [5.74, 6) is -0.799. The summed E-state index contributed by atoms with van der Waals surface area (Å²) in [6.07, 6.45) is 0.585. The normalized spacial score (nSPS) is 10.6. The van der Waals surface area contributed by atoms with Crippen LogP contribution in [0.25, 0.3) is 10.6 Å². The highest BCUT2D eigenvalue weighted by Gasteiger charge is 2.08. The van der Waals surface area contributed by atoms with Gasteiger partial charge in [-0.1, -0.05) is 17.7 Å². The maximum Gasteiger partial charge on any atom is 0.303 e. The Labute approximate surface area is 114 Å². The summed E-state index contributed by atoms with van der Waals surface area (Å²) in [7, 11) is 0. The van der Waals surface area contributed by atoms with E-state index >= 15 is 0 Å². The molecule has 0 aliphatic heterocycles. The maximum atomic E-state index is 10.5. The highest BCUT2D eigenvalue weighted by Crippen LogP contribution is 2.28. The minimum atomic E-state index is -0.799. The predicted molar refractivity (Wildman–Crippen MR) is 73.3 cm³/mol. The van der Waals surface area contributed by atoms with Crippen LogP contribution in [0.15, 0.2) is 23.6 Å². The van der Waals surface area contributed by atoms with Gasteiger partial charge in [-0.3, -0.25) is 4.79 Å². The van der Waals surface area contributed by atoms with E-state index in [4.69, 9.17) is 16.7 Å². The number of carboxylic acids is 1. The first-order valence-corrected chi connectivity index (χ1v) is 6.75. The van der Waals surface area contributed by atoms with Crippen molar-refractivity contribution in [2.75, 3.05) is 0 Å². The highest BCUT2D eigenvalue weighted by molar-refractivity contribution is 7.13. The van der Waals surface area contributed by atoms with Crippen LogP contribution in [0, 0.1) is 6.92 Å². The molecule has 1 aromatic heterocycles. The third-order valence-electron chi connectivity index (χ3n) is 2.57. The van der Waals surface area contributed by atoms with Crippen molar-refractivity contribution < 1.29 is 9.90 Å². The molecule has 2 rings (SSSR count). The lowest BCUT2D eigenvalue weighted by Crippen LogP contribution is -1.97. The molecule has 2 aromatic rings. The van der Waals surface area contributed by atoms with E-state index in [1.165, 1.54) is 11.3 Å². The average Bonchev–Trinajstić information content (AvgIpc) is 2.75. The van der Waals surface area contributed by atoms with Gasteiger partial charge in [0.15, 0.2) is 0 Å². The van der Waals surface area contributed by atoms with Crippen molar-refractivity contribution in [3.8, 4) is 10.6 Å². The minimum absolute atomic E-state index is 0.114. The number of benzene rings is 1. The molecule has 0 radical (unpaired) electrons. The molecular formula is C13H12ClNO2S. The molecule has 0 unspecified atom stereocenters. The van der Waals surface area contributed by atoms with Gasteiger partial charge in [-0.25, -0.2) is 4.98 Å². The Bertz CT molecular complexity index is 580.